The van der Waals surface area contributed by atoms with Gasteiger partial charge >= 0.3 is 6.09 Å². The van der Waals surface area contributed by atoms with Crippen LogP contribution in [0, 0.1) is 11.3 Å². The molecule has 0 saturated heterocycles. The lowest BCUT2D eigenvalue weighted by molar-refractivity contribution is 0.0470. The highest BCUT2D eigenvalue weighted by Crippen LogP contribution is 2.21. The van der Waals surface area contributed by atoms with Crippen LogP contribution in [0.3, 0.4) is 0 Å². The Morgan fingerprint density at radius 3 is 2.14 bits per heavy atom. The van der Waals surface area contributed by atoms with Crippen molar-refractivity contribution in [3.8, 4) is 6.07 Å². The Balaban J connectivity index is 2.83. The van der Waals surface area contributed by atoms with E-state index in [1.165, 1.54) is 0 Å². The monoisotopic (exact) mass is 302 g/mol. The number of hydrogen-bond acceptors (Lipinski definition) is 4. The minimum atomic E-state index is -0.640. The van der Waals surface area contributed by atoms with Crippen molar-refractivity contribution in [3.63, 3.8) is 0 Å². The predicted octanol–water partition coefficient (Wildman–Crippen LogP) is 3.54. The molecule has 0 aliphatic heterocycles. The van der Waals surface area contributed by atoms with Gasteiger partial charge in [0.25, 0.3) is 0 Å². The van der Waals surface area contributed by atoms with Crippen molar-refractivity contribution in [2.75, 3.05) is 0 Å². The third kappa shape index (κ3) is 5.21. The molecule has 0 spiro atoms. The van der Waals surface area contributed by atoms with E-state index in [0.29, 0.717) is 5.56 Å². The number of carbonyl (C=O) groups is 2. The molecule has 0 fully saturated rings. The number of benzene rings is 1. The Bertz CT molecular complexity index is 590. The first-order chi connectivity index (χ1) is 10.0. The van der Waals surface area contributed by atoms with Crippen molar-refractivity contribution >= 4 is 11.9 Å². The van der Waals surface area contributed by atoms with Gasteiger partial charge in [0.05, 0.1) is 18.0 Å². The Labute approximate surface area is 131 Å². The molecule has 0 saturated carbocycles. The summed E-state index contributed by atoms with van der Waals surface area (Å²) in [4.78, 5) is 23.5. The number of nitriles is 1. The third-order valence-electron chi connectivity index (χ3n) is 2.98. The lowest BCUT2D eigenvalue weighted by atomic mass is 9.93. The molecule has 0 radical (unpaired) electrons. The summed E-state index contributed by atoms with van der Waals surface area (Å²) in [6.45, 7) is 9.10. The number of Topliss-reactive ketones (excluding diaryl/α,β-unsaturated/α-hetero) is 1. The van der Waals surface area contributed by atoms with Crippen LogP contribution in [-0.2, 0) is 10.3 Å². The maximum atomic E-state index is 11.9. The maximum absolute atomic E-state index is 11.9. The molecule has 1 rings (SSSR count). The van der Waals surface area contributed by atoms with Gasteiger partial charge < -0.3 is 10.1 Å². The Hall–Kier alpha value is -2.35. The highest BCUT2D eigenvalue weighted by atomic mass is 16.6. The summed E-state index contributed by atoms with van der Waals surface area (Å²) in [5.41, 5.74) is 0.123. The second-order valence-electron chi connectivity index (χ2n) is 6.59. The fraction of sp³-hybridized carbons (Fsp3) is 0.471. The lowest BCUT2D eigenvalue weighted by Crippen LogP contribution is -2.43. The predicted molar refractivity (Wildman–Crippen MR) is 83.4 cm³/mol. The standard InChI is InChI=1S/C17H22N2O3/c1-16(2,3)22-15(21)19-17(4,5)13-8-6-12(7-9-13)14(20)10-11-18/h6-9H,10H2,1-5H3,(H,19,21). The fourth-order valence-corrected chi connectivity index (χ4v) is 1.88. The van der Waals surface area contributed by atoms with Crippen molar-refractivity contribution in [1.29, 1.82) is 5.26 Å². The van der Waals surface area contributed by atoms with Crippen molar-refractivity contribution in [1.82, 2.24) is 5.32 Å². The second-order valence-corrected chi connectivity index (χ2v) is 6.59. The van der Waals surface area contributed by atoms with Crippen LogP contribution in [0.5, 0.6) is 0 Å². The van der Waals surface area contributed by atoms with Crippen LogP contribution < -0.4 is 5.32 Å². The topological polar surface area (TPSA) is 79.2 Å². The summed E-state index contributed by atoms with van der Waals surface area (Å²) in [7, 11) is 0. The van der Waals surface area contributed by atoms with Gasteiger partial charge in [0.1, 0.15) is 5.60 Å². The van der Waals surface area contributed by atoms with E-state index in [9.17, 15) is 9.59 Å². The SMILES string of the molecule is CC(C)(C)OC(=O)NC(C)(C)c1ccc(C(=O)CC#N)cc1. The van der Waals surface area contributed by atoms with Gasteiger partial charge in [0.2, 0.25) is 0 Å². The van der Waals surface area contributed by atoms with Gasteiger partial charge in [-0.2, -0.15) is 5.26 Å². The molecular formula is C17H22N2O3. The number of nitrogens with zero attached hydrogens (tertiary/aromatic N) is 1. The summed E-state index contributed by atoms with van der Waals surface area (Å²) in [6, 6.07) is 8.69. The molecule has 22 heavy (non-hydrogen) atoms. The molecule has 0 heterocycles. The van der Waals surface area contributed by atoms with Crippen LogP contribution in [0.1, 0.15) is 57.0 Å². The third-order valence-corrected chi connectivity index (χ3v) is 2.98. The summed E-state index contributed by atoms with van der Waals surface area (Å²) >= 11 is 0. The average molecular weight is 302 g/mol. The highest BCUT2D eigenvalue weighted by Gasteiger charge is 2.26. The first kappa shape index (κ1) is 17.7. The number of hydrogen-bond donors (Lipinski definition) is 1. The van der Waals surface area contributed by atoms with E-state index < -0.39 is 17.2 Å². The van der Waals surface area contributed by atoms with Crippen LogP contribution in [0.15, 0.2) is 24.3 Å². The molecule has 0 unspecified atom stereocenters. The summed E-state index contributed by atoms with van der Waals surface area (Å²) < 4.78 is 5.25. The van der Waals surface area contributed by atoms with E-state index in [2.05, 4.69) is 5.32 Å². The van der Waals surface area contributed by atoms with Crippen molar-refractivity contribution in [3.05, 3.63) is 35.4 Å². The number of alkyl carbamates (subject to hydrolysis) is 1. The highest BCUT2D eigenvalue weighted by molar-refractivity contribution is 5.97. The van der Waals surface area contributed by atoms with E-state index in [-0.39, 0.29) is 12.2 Å². The molecule has 1 amide bonds. The van der Waals surface area contributed by atoms with E-state index in [4.69, 9.17) is 10.00 Å². The van der Waals surface area contributed by atoms with Crippen LogP contribution in [0.2, 0.25) is 0 Å². The molecule has 0 aromatic heterocycles. The van der Waals surface area contributed by atoms with Crippen LogP contribution in [0.4, 0.5) is 4.79 Å². The Morgan fingerprint density at radius 1 is 1.14 bits per heavy atom. The second kappa shape index (κ2) is 6.61. The van der Waals surface area contributed by atoms with E-state index >= 15 is 0 Å². The van der Waals surface area contributed by atoms with E-state index in [0.717, 1.165) is 5.56 Å². The van der Waals surface area contributed by atoms with Crippen molar-refractivity contribution < 1.29 is 14.3 Å². The number of rotatable bonds is 4. The van der Waals surface area contributed by atoms with E-state index in [1.54, 1.807) is 45.0 Å². The van der Waals surface area contributed by atoms with Crippen LogP contribution >= 0.6 is 0 Å². The minimum absolute atomic E-state index is 0.140. The van der Waals surface area contributed by atoms with Gasteiger partial charge in [0, 0.05) is 5.56 Å². The number of nitrogens with one attached hydrogen (secondary N) is 1. The van der Waals surface area contributed by atoms with Gasteiger partial charge in [-0.15, -0.1) is 0 Å². The lowest BCUT2D eigenvalue weighted by Gasteiger charge is -2.29. The number of ether oxygens (including phenoxy) is 1. The molecule has 1 aromatic carbocycles. The first-order valence-electron chi connectivity index (χ1n) is 7.07. The molecule has 1 N–H and O–H groups in total. The van der Waals surface area contributed by atoms with E-state index in [1.807, 2.05) is 19.9 Å². The summed E-state index contributed by atoms with van der Waals surface area (Å²) in [6.07, 6.45) is -0.638. The quantitative estimate of drug-likeness (QED) is 0.863. The maximum Gasteiger partial charge on any atom is 0.408 e. The molecule has 118 valence electrons. The number of carbonyl (C=O) groups excluding carboxylic acids is 2. The average Bonchev–Trinajstić information content (AvgIpc) is 2.36. The zero-order chi connectivity index (χ0) is 17.0. The molecule has 0 aliphatic rings. The Morgan fingerprint density at radius 2 is 1.68 bits per heavy atom. The molecule has 5 heteroatoms. The normalized spacial score (nSPS) is 11.5. The van der Waals surface area contributed by atoms with Crippen molar-refractivity contribution in [2.45, 2.75) is 52.2 Å². The van der Waals surface area contributed by atoms with Crippen molar-refractivity contribution in [2.24, 2.45) is 0 Å². The fourth-order valence-electron chi connectivity index (χ4n) is 1.88. The largest absolute Gasteiger partial charge is 0.444 e. The van der Waals surface area contributed by atoms with Gasteiger partial charge in [-0.3, -0.25) is 4.79 Å². The number of amides is 1. The van der Waals surface area contributed by atoms with Crippen LogP contribution in [0.25, 0.3) is 0 Å². The summed E-state index contributed by atoms with van der Waals surface area (Å²) in [5.74, 6) is -0.216. The summed E-state index contributed by atoms with van der Waals surface area (Å²) in [5, 5.41) is 11.3. The molecular weight excluding hydrogens is 280 g/mol. The Kier molecular flexibility index (Phi) is 5.32. The molecule has 0 atom stereocenters. The molecule has 1 aromatic rings. The smallest absolute Gasteiger partial charge is 0.408 e. The first-order valence-corrected chi connectivity index (χ1v) is 7.07. The minimum Gasteiger partial charge on any atom is -0.444 e. The van der Waals surface area contributed by atoms with Crippen LogP contribution in [-0.4, -0.2) is 17.5 Å². The van der Waals surface area contributed by atoms with Gasteiger partial charge in [-0.25, -0.2) is 4.79 Å². The molecule has 0 aliphatic carbocycles. The zero-order valence-corrected chi connectivity index (χ0v) is 13.7. The van der Waals surface area contributed by atoms with Gasteiger partial charge in [-0.05, 0) is 40.2 Å². The molecule has 5 nitrogen and oxygen atoms in total. The van der Waals surface area contributed by atoms with Gasteiger partial charge in [0.15, 0.2) is 5.78 Å². The number of ketones is 1. The van der Waals surface area contributed by atoms with Gasteiger partial charge in [-0.1, -0.05) is 24.3 Å². The zero-order valence-electron chi connectivity index (χ0n) is 13.7. The molecule has 0 bridgehead atoms.